The summed E-state index contributed by atoms with van der Waals surface area (Å²) >= 11 is 0. The number of hydrogen-bond acceptors (Lipinski definition) is 7. The van der Waals surface area contributed by atoms with Gasteiger partial charge in [0.15, 0.2) is 11.5 Å². The molecule has 3 aromatic rings. The van der Waals surface area contributed by atoms with Crippen LogP contribution in [0.2, 0.25) is 0 Å². The zero-order chi connectivity index (χ0) is 26.3. The molecule has 0 aliphatic heterocycles. The lowest BCUT2D eigenvalue weighted by Gasteiger charge is -2.21. The second-order valence-corrected chi connectivity index (χ2v) is 8.73. The summed E-state index contributed by atoms with van der Waals surface area (Å²) in [6, 6.07) is 7.44. The quantitative estimate of drug-likeness (QED) is 0.235. The Labute approximate surface area is 209 Å². The van der Waals surface area contributed by atoms with Crippen molar-refractivity contribution in [2.75, 3.05) is 26.1 Å². The number of anilines is 1. The van der Waals surface area contributed by atoms with Crippen LogP contribution < -0.4 is 14.8 Å². The lowest BCUT2D eigenvalue weighted by atomic mass is 10.00. The Kier molecular flexibility index (Phi) is 9.14. The Bertz CT molecular complexity index is 1200. The van der Waals surface area contributed by atoms with Gasteiger partial charge in [0, 0.05) is 29.0 Å². The molecule has 0 spiro atoms. The van der Waals surface area contributed by atoms with E-state index in [0.717, 1.165) is 42.0 Å². The van der Waals surface area contributed by atoms with Gasteiger partial charge in [-0.25, -0.2) is 9.97 Å². The lowest BCUT2D eigenvalue weighted by Crippen LogP contribution is -2.19. The Morgan fingerprint density at radius 3 is 2.58 bits per heavy atom. The van der Waals surface area contributed by atoms with Crippen molar-refractivity contribution >= 4 is 23.0 Å². The molecule has 194 valence electrons. The molecule has 0 bridgehead atoms. The van der Waals surface area contributed by atoms with Crippen molar-refractivity contribution in [1.29, 1.82) is 0 Å². The van der Waals surface area contributed by atoms with Gasteiger partial charge in [-0.1, -0.05) is 24.6 Å². The first kappa shape index (κ1) is 27.3. The largest absolute Gasteiger partial charge is 0.493 e. The van der Waals surface area contributed by atoms with Gasteiger partial charge in [-0.05, 0) is 50.8 Å². The van der Waals surface area contributed by atoms with Crippen LogP contribution in [0.4, 0.5) is 14.6 Å². The van der Waals surface area contributed by atoms with Crippen LogP contribution in [0.3, 0.4) is 0 Å². The van der Waals surface area contributed by atoms with Gasteiger partial charge < -0.3 is 24.7 Å². The van der Waals surface area contributed by atoms with E-state index in [9.17, 15) is 13.6 Å². The van der Waals surface area contributed by atoms with Gasteiger partial charge >= 0.3 is 0 Å². The minimum absolute atomic E-state index is 0.247. The summed E-state index contributed by atoms with van der Waals surface area (Å²) in [4.78, 5) is 19.9. The van der Waals surface area contributed by atoms with E-state index >= 15 is 0 Å². The van der Waals surface area contributed by atoms with Gasteiger partial charge in [-0.3, -0.25) is 0 Å². The molecule has 1 atom stereocenters. The number of halogens is 2. The van der Waals surface area contributed by atoms with Crippen LogP contribution in [0.5, 0.6) is 11.5 Å². The van der Waals surface area contributed by atoms with Gasteiger partial charge in [-0.2, -0.15) is 8.78 Å². The molecule has 0 aliphatic rings. The number of aliphatic hydroxyl groups excluding tert-OH is 1. The smallest absolute Gasteiger partial charge is 0.295 e. The van der Waals surface area contributed by atoms with E-state index in [1.807, 2.05) is 13.0 Å². The Morgan fingerprint density at radius 2 is 1.92 bits per heavy atom. The third-order valence-electron chi connectivity index (χ3n) is 6.15. The van der Waals surface area contributed by atoms with Crippen molar-refractivity contribution in [1.82, 2.24) is 9.97 Å². The molecule has 0 aliphatic carbocycles. The average molecular weight is 502 g/mol. The van der Waals surface area contributed by atoms with Crippen molar-refractivity contribution in [2.45, 2.75) is 57.9 Å². The molecule has 1 unspecified atom stereocenters. The molecule has 2 aromatic carbocycles. The molecule has 7 nitrogen and oxygen atoms in total. The van der Waals surface area contributed by atoms with E-state index in [1.54, 1.807) is 33.3 Å². The van der Waals surface area contributed by atoms with E-state index in [4.69, 9.17) is 19.6 Å². The fourth-order valence-corrected chi connectivity index (χ4v) is 4.24. The standard InChI is InChI=1S/C27H33F2N3O4/c1-17(19-10-9-11-20(14-19)27(28,29)16-34)30-26-22-15-23(35-3)25(36-4)21(12-7-5-6-8-13-33)24(22)31-18(2)32-26/h9-11,13-15,17,34H,5-8,12,16H2,1-4H3,(H,30,31,32). The fraction of sp³-hybridized carbons (Fsp3) is 0.444. The molecule has 0 fully saturated rings. The first-order valence-corrected chi connectivity index (χ1v) is 12.0. The number of fused-ring (bicyclic) bond motifs is 1. The number of aryl methyl sites for hydroxylation is 2. The van der Waals surface area contributed by atoms with Crippen LogP contribution in [-0.2, 0) is 17.1 Å². The number of nitrogens with zero attached hydrogens (tertiary/aromatic N) is 2. The molecule has 3 rings (SSSR count). The predicted octanol–water partition coefficient (Wildman–Crippen LogP) is 5.51. The number of carbonyl (C=O) groups excluding carboxylic acids is 1. The maximum atomic E-state index is 14.1. The number of ether oxygens (including phenoxy) is 2. The zero-order valence-electron chi connectivity index (χ0n) is 21.1. The van der Waals surface area contributed by atoms with Crippen LogP contribution in [0.1, 0.15) is 61.2 Å². The molecular weight excluding hydrogens is 468 g/mol. The van der Waals surface area contributed by atoms with E-state index < -0.39 is 12.5 Å². The molecule has 0 radical (unpaired) electrons. The second-order valence-electron chi connectivity index (χ2n) is 8.73. The van der Waals surface area contributed by atoms with Crippen molar-refractivity contribution in [3.63, 3.8) is 0 Å². The number of unbranched alkanes of at least 4 members (excludes halogenated alkanes) is 3. The number of alkyl halides is 2. The molecule has 0 saturated heterocycles. The summed E-state index contributed by atoms with van der Waals surface area (Å²) < 4.78 is 39.4. The van der Waals surface area contributed by atoms with Crippen LogP contribution >= 0.6 is 0 Å². The Morgan fingerprint density at radius 1 is 1.14 bits per heavy atom. The first-order valence-electron chi connectivity index (χ1n) is 12.0. The van der Waals surface area contributed by atoms with Gasteiger partial charge in [0.2, 0.25) is 0 Å². The topological polar surface area (TPSA) is 93.6 Å². The summed E-state index contributed by atoms with van der Waals surface area (Å²) in [5.74, 6) is -1.07. The van der Waals surface area contributed by atoms with Gasteiger partial charge in [0.1, 0.15) is 24.5 Å². The van der Waals surface area contributed by atoms with Gasteiger partial charge in [0.25, 0.3) is 5.92 Å². The number of methoxy groups -OCH3 is 2. The van der Waals surface area contributed by atoms with E-state index in [1.165, 1.54) is 12.1 Å². The van der Waals surface area contributed by atoms with Crippen molar-refractivity contribution in [3.05, 3.63) is 52.8 Å². The van der Waals surface area contributed by atoms with E-state index in [0.29, 0.717) is 41.5 Å². The second kappa shape index (κ2) is 12.1. The predicted molar refractivity (Wildman–Crippen MR) is 135 cm³/mol. The average Bonchev–Trinajstić information content (AvgIpc) is 2.88. The summed E-state index contributed by atoms with van der Waals surface area (Å²) in [6.07, 6.45) is 4.70. The van der Waals surface area contributed by atoms with Crippen molar-refractivity contribution in [2.24, 2.45) is 0 Å². The van der Waals surface area contributed by atoms with Crippen LogP contribution in [0.25, 0.3) is 10.9 Å². The molecule has 36 heavy (non-hydrogen) atoms. The number of rotatable bonds is 13. The Hall–Kier alpha value is -3.33. The number of carbonyl (C=O) groups is 1. The zero-order valence-corrected chi connectivity index (χ0v) is 21.1. The van der Waals surface area contributed by atoms with Crippen molar-refractivity contribution < 1.29 is 28.2 Å². The highest BCUT2D eigenvalue weighted by Gasteiger charge is 2.31. The number of aromatic nitrogens is 2. The normalized spacial score (nSPS) is 12.4. The van der Waals surface area contributed by atoms with E-state index in [2.05, 4.69) is 10.3 Å². The van der Waals surface area contributed by atoms with Crippen molar-refractivity contribution in [3.8, 4) is 11.5 Å². The molecule has 9 heteroatoms. The summed E-state index contributed by atoms with van der Waals surface area (Å²) in [6.45, 7) is 2.39. The molecular formula is C27H33F2N3O4. The first-order chi connectivity index (χ1) is 17.2. The number of aliphatic hydroxyl groups is 1. The molecule has 0 saturated carbocycles. The van der Waals surface area contributed by atoms with Gasteiger partial charge in [-0.15, -0.1) is 0 Å². The summed E-state index contributed by atoms with van der Waals surface area (Å²) in [5, 5.41) is 13.1. The molecule has 1 heterocycles. The van der Waals surface area contributed by atoms with Crippen LogP contribution in [-0.4, -0.2) is 42.2 Å². The Balaban J connectivity index is 2.02. The highest BCUT2D eigenvalue weighted by atomic mass is 19.3. The number of nitrogens with one attached hydrogen (secondary N) is 1. The summed E-state index contributed by atoms with van der Waals surface area (Å²) in [7, 11) is 3.15. The third-order valence-corrected chi connectivity index (χ3v) is 6.15. The number of aldehydes is 1. The fourth-order valence-electron chi connectivity index (χ4n) is 4.24. The van der Waals surface area contributed by atoms with Gasteiger partial charge in [0.05, 0.1) is 19.7 Å². The molecule has 1 aromatic heterocycles. The maximum Gasteiger partial charge on any atom is 0.295 e. The summed E-state index contributed by atoms with van der Waals surface area (Å²) in [5.41, 5.74) is 2.00. The highest BCUT2D eigenvalue weighted by Crippen LogP contribution is 2.40. The highest BCUT2D eigenvalue weighted by molar-refractivity contribution is 5.94. The minimum atomic E-state index is -3.32. The van der Waals surface area contributed by atoms with Crippen LogP contribution in [0, 0.1) is 6.92 Å². The lowest BCUT2D eigenvalue weighted by molar-refractivity contribution is -0.107. The SMILES string of the molecule is COc1cc2c(NC(C)c3cccc(C(F)(F)CO)c3)nc(C)nc2c(CCCCCC=O)c1OC. The van der Waals surface area contributed by atoms with Crippen LogP contribution in [0.15, 0.2) is 30.3 Å². The molecule has 2 N–H and O–H groups in total. The third kappa shape index (κ3) is 6.07. The monoisotopic (exact) mass is 501 g/mol. The van der Waals surface area contributed by atoms with E-state index in [-0.39, 0.29) is 11.6 Å². The minimum Gasteiger partial charge on any atom is -0.493 e. The number of benzene rings is 2. The maximum absolute atomic E-state index is 14.1. The number of hydrogen-bond donors (Lipinski definition) is 2. The molecule has 0 amide bonds.